The van der Waals surface area contributed by atoms with E-state index in [2.05, 4.69) is 20.0 Å². The molecular formula is C22H29N3O4. The molecule has 0 unspecified atom stereocenters. The standard InChI is InChI=1S/C22H29N3O4/c1-5-6-9-27-20-12-17(2)21(18(3)13-20)28-10-7-8-11-29-22-23-14-19(15-24-22)16-25-26-4/h5-6,12-16H,7-11H2,1-4H3/b6-5+,25-16?. The quantitative estimate of drug-likeness (QED) is 0.230. The summed E-state index contributed by atoms with van der Waals surface area (Å²) in [5.74, 6) is 1.78. The van der Waals surface area contributed by atoms with Gasteiger partial charge in [0, 0.05) is 18.0 Å². The molecule has 156 valence electrons. The van der Waals surface area contributed by atoms with Crippen molar-refractivity contribution in [2.24, 2.45) is 5.16 Å². The molecule has 2 aromatic rings. The molecular weight excluding hydrogens is 370 g/mol. The molecule has 7 nitrogen and oxygen atoms in total. The number of benzene rings is 1. The average Bonchev–Trinajstić information content (AvgIpc) is 2.71. The number of hydrogen-bond acceptors (Lipinski definition) is 7. The van der Waals surface area contributed by atoms with Crippen LogP contribution in [0.4, 0.5) is 0 Å². The Balaban J connectivity index is 1.70. The van der Waals surface area contributed by atoms with Crippen LogP contribution < -0.4 is 14.2 Å². The van der Waals surface area contributed by atoms with Gasteiger partial charge in [-0.15, -0.1) is 0 Å². The fraction of sp³-hybridized carbons (Fsp3) is 0.409. The highest BCUT2D eigenvalue weighted by atomic mass is 16.6. The zero-order valence-electron chi connectivity index (χ0n) is 17.6. The zero-order chi connectivity index (χ0) is 20.9. The average molecular weight is 399 g/mol. The number of aromatic nitrogens is 2. The van der Waals surface area contributed by atoms with Crippen molar-refractivity contribution in [2.75, 3.05) is 26.9 Å². The van der Waals surface area contributed by atoms with Crippen LogP contribution in [0.3, 0.4) is 0 Å². The lowest BCUT2D eigenvalue weighted by atomic mass is 10.1. The van der Waals surface area contributed by atoms with Crippen LogP contribution in [0.5, 0.6) is 17.5 Å². The summed E-state index contributed by atoms with van der Waals surface area (Å²) in [5.41, 5.74) is 2.89. The van der Waals surface area contributed by atoms with Crippen molar-refractivity contribution in [3.05, 3.63) is 53.4 Å². The molecule has 1 heterocycles. The molecule has 2 rings (SSSR count). The SMILES string of the molecule is C/C=C/COc1cc(C)c(OCCCCOc2ncc(C=NOC)cn2)c(C)c1. The lowest BCUT2D eigenvalue weighted by molar-refractivity contribution is 0.215. The molecule has 29 heavy (non-hydrogen) atoms. The Morgan fingerprint density at radius 1 is 0.966 bits per heavy atom. The topological polar surface area (TPSA) is 75.1 Å². The van der Waals surface area contributed by atoms with Crippen molar-refractivity contribution in [1.29, 1.82) is 0 Å². The van der Waals surface area contributed by atoms with Crippen LogP contribution in [-0.2, 0) is 4.84 Å². The second-order valence-corrected chi connectivity index (χ2v) is 6.39. The van der Waals surface area contributed by atoms with Crippen LogP contribution in [-0.4, -0.2) is 43.1 Å². The van der Waals surface area contributed by atoms with Crippen molar-refractivity contribution in [2.45, 2.75) is 33.6 Å². The predicted molar refractivity (Wildman–Crippen MR) is 113 cm³/mol. The molecule has 0 fully saturated rings. The number of oxime groups is 1. The first kappa shape index (κ1) is 22.2. The van der Waals surface area contributed by atoms with Gasteiger partial charge in [-0.05, 0) is 56.9 Å². The molecule has 0 spiro atoms. The molecule has 7 heteroatoms. The summed E-state index contributed by atoms with van der Waals surface area (Å²) in [5, 5.41) is 3.66. The van der Waals surface area contributed by atoms with Gasteiger partial charge >= 0.3 is 6.01 Å². The van der Waals surface area contributed by atoms with Crippen molar-refractivity contribution < 1.29 is 19.0 Å². The summed E-state index contributed by atoms with van der Waals surface area (Å²) < 4.78 is 17.2. The van der Waals surface area contributed by atoms with Crippen molar-refractivity contribution in [3.8, 4) is 17.5 Å². The van der Waals surface area contributed by atoms with E-state index in [1.807, 2.05) is 45.1 Å². The van der Waals surface area contributed by atoms with Gasteiger partial charge in [0.2, 0.25) is 0 Å². The molecule has 0 aliphatic rings. The Labute approximate surface area is 172 Å². The smallest absolute Gasteiger partial charge is 0.316 e. The predicted octanol–water partition coefficient (Wildman–Crippen LogP) is 4.27. The fourth-order valence-electron chi connectivity index (χ4n) is 2.58. The van der Waals surface area contributed by atoms with Gasteiger partial charge in [-0.2, -0.15) is 0 Å². The molecule has 0 saturated carbocycles. The number of aryl methyl sites for hydroxylation is 2. The van der Waals surface area contributed by atoms with E-state index in [9.17, 15) is 0 Å². The number of nitrogens with zero attached hydrogens (tertiary/aromatic N) is 3. The highest BCUT2D eigenvalue weighted by molar-refractivity contribution is 5.77. The molecule has 0 saturated heterocycles. The van der Waals surface area contributed by atoms with Gasteiger partial charge in [0.05, 0.1) is 19.4 Å². The van der Waals surface area contributed by atoms with Crippen molar-refractivity contribution in [1.82, 2.24) is 9.97 Å². The van der Waals surface area contributed by atoms with E-state index in [1.54, 1.807) is 12.4 Å². The number of hydrogen-bond donors (Lipinski definition) is 0. The van der Waals surface area contributed by atoms with E-state index in [0.717, 1.165) is 41.0 Å². The first-order valence-corrected chi connectivity index (χ1v) is 9.63. The summed E-state index contributed by atoms with van der Waals surface area (Å²) in [6.07, 6.45) is 10.5. The summed E-state index contributed by atoms with van der Waals surface area (Å²) in [4.78, 5) is 12.9. The third-order valence-electron chi connectivity index (χ3n) is 3.99. The number of ether oxygens (including phenoxy) is 3. The largest absolute Gasteiger partial charge is 0.493 e. The maximum absolute atomic E-state index is 5.97. The highest BCUT2D eigenvalue weighted by Gasteiger charge is 2.07. The minimum atomic E-state index is 0.348. The van der Waals surface area contributed by atoms with Gasteiger partial charge in [0.15, 0.2) is 0 Å². The van der Waals surface area contributed by atoms with Crippen LogP contribution in [0.2, 0.25) is 0 Å². The van der Waals surface area contributed by atoms with Gasteiger partial charge in [-0.25, -0.2) is 9.97 Å². The molecule has 0 bridgehead atoms. The lowest BCUT2D eigenvalue weighted by Gasteiger charge is -2.14. The second-order valence-electron chi connectivity index (χ2n) is 6.39. The lowest BCUT2D eigenvalue weighted by Crippen LogP contribution is -2.06. The third kappa shape index (κ3) is 7.81. The van der Waals surface area contributed by atoms with E-state index in [-0.39, 0.29) is 0 Å². The fourth-order valence-corrected chi connectivity index (χ4v) is 2.58. The zero-order valence-corrected chi connectivity index (χ0v) is 17.6. The van der Waals surface area contributed by atoms with Crippen LogP contribution in [0.25, 0.3) is 0 Å². The number of unbranched alkanes of at least 4 members (excludes halogenated alkanes) is 1. The van der Waals surface area contributed by atoms with E-state index in [4.69, 9.17) is 14.2 Å². The van der Waals surface area contributed by atoms with E-state index in [0.29, 0.717) is 25.8 Å². The maximum Gasteiger partial charge on any atom is 0.316 e. The number of rotatable bonds is 12. The first-order chi connectivity index (χ1) is 14.1. The molecule has 1 aromatic carbocycles. The molecule has 0 aliphatic heterocycles. The second kappa shape index (κ2) is 12.4. The van der Waals surface area contributed by atoms with Gasteiger partial charge in [-0.3, -0.25) is 0 Å². The van der Waals surface area contributed by atoms with E-state index in [1.165, 1.54) is 13.3 Å². The molecule has 0 atom stereocenters. The van der Waals surface area contributed by atoms with Gasteiger partial charge < -0.3 is 19.0 Å². The van der Waals surface area contributed by atoms with Gasteiger partial charge in [-0.1, -0.05) is 17.3 Å². The molecule has 0 amide bonds. The first-order valence-electron chi connectivity index (χ1n) is 9.63. The monoisotopic (exact) mass is 399 g/mol. The van der Waals surface area contributed by atoms with Crippen LogP contribution >= 0.6 is 0 Å². The van der Waals surface area contributed by atoms with Crippen LogP contribution in [0.15, 0.2) is 41.8 Å². The Hall–Kier alpha value is -3.09. The van der Waals surface area contributed by atoms with Crippen LogP contribution in [0.1, 0.15) is 36.5 Å². The molecule has 0 N–H and O–H groups in total. The summed E-state index contributed by atoms with van der Waals surface area (Å²) in [7, 11) is 1.48. The van der Waals surface area contributed by atoms with E-state index < -0.39 is 0 Å². The van der Waals surface area contributed by atoms with E-state index >= 15 is 0 Å². The Morgan fingerprint density at radius 2 is 1.62 bits per heavy atom. The highest BCUT2D eigenvalue weighted by Crippen LogP contribution is 2.28. The van der Waals surface area contributed by atoms with Crippen molar-refractivity contribution >= 4 is 6.21 Å². The Kier molecular flexibility index (Phi) is 9.48. The molecule has 0 aliphatic carbocycles. The minimum absolute atomic E-state index is 0.348. The maximum atomic E-state index is 5.97. The van der Waals surface area contributed by atoms with Gasteiger partial charge in [0.1, 0.15) is 25.2 Å². The summed E-state index contributed by atoms with van der Waals surface area (Å²) >= 11 is 0. The summed E-state index contributed by atoms with van der Waals surface area (Å²) in [6, 6.07) is 4.36. The third-order valence-corrected chi connectivity index (χ3v) is 3.99. The van der Waals surface area contributed by atoms with Crippen molar-refractivity contribution in [3.63, 3.8) is 0 Å². The van der Waals surface area contributed by atoms with Gasteiger partial charge in [0.25, 0.3) is 0 Å². The minimum Gasteiger partial charge on any atom is -0.493 e. The number of allylic oxidation sites excluding steroid dienone is 1. The summed E-state index contributed by atoms with van der Waals surface area (Å²) in [6.45, 7) is 7.77. The van der Waals surface area contributed by atoms with Crippen LogP contribution in [0, 0.1) is 13.8 Å². The Morgan fingerprint density at radius 3 is 2.24 bits per heavy atom. The molecule has 1 aromatic heterocycles. The Bertz CT molecular complexity index is 781. The molecule has 0 radical (unpaired) electrons. The normalized spacial score (nSPS) is 11.2.